The number of benzene rings is 2. The van der Waals surface area contributed by atoms with Crippen LogP contribution in [0, 0.1) is 0 Å². The van der Waals surface area contributed by atoms with Crippen LogP contribution in [0.2, 0.25) is 10.0 Å². The van der Waals surface area contributed by atoms with Gasteiger partial charge in [-0.1, -0.05) is 53.5 Å². The molecule has 26 heavy (non-hydrogen) atoms. The van der Waals surface area contributed by atoms with Crippen molar-refractivity contribution in [1.82, 2.24) is 9.78 Å². The number of fused-ring (bicyclic) bond motifs is 1. The van der Waals surface area contributed by atoms with E-state index in [0.717, 1.165) is 36.2 Å². The maximum absolute atomic E-state index is 12.9. The quantitative estimate of drug-likeness (QED) is 0.498. The summed E-state index contributed by atoms with van der Waals surface area (Å²) < 4.78 is 40.2. The molecule has 4 rings (SSSR count). The highest BCUT2D eigenvalue weighted by molar-refractivity contribution is 6.37. The Morgan fingerprint density at radius 2 is 1.69 bits per heavy atom. The molecule has 0 amide bonds. The zero-order valence-electron chi connectivity index (χ0n) is 13.4. The molecule has 3 aromatic rings. The van der Waals surface area contributed by atoms with Crippen molar-refractivity contribution >= 4 is 23.2 Å². The van der Waals surface area contributed by atoms with E-state index in [0.29, 0.717) is 0 Å². The van der Waals surface area contributed by atoms with E-state index in [1.54, 1.807) is 0 Å². The number of nitrogens with zero attached hydrogens (tertiary/aromatic N) is 2. The molecule has 1 atom stereocenters. The lowest BCUT2D eigenvalue weighted by Gasteiger charge is -2.13. The highest BCUT2D eigenvalue weighted by Crippen LogP contribution is 2.41. The number of halogens is 5. The minimum Gasteiger partial charge on any atom is -0.237 e. The minimum atomic E-state index is -4.50. The van der Waals surface area contributed by atoms with Crippen LogP contribution in [0.3, 0.4) is 0 Å². The van der Waals surface area contributed by atoms with E-state index >= 15 is 0 Å². The Morgan fingerprint density at radius 3 is 2.31 bits per heavy atom. The van der Waals surface area contributed by atoms with E-state index in [9.17, 15) is 13.2 Å². The summed E-state index contributed by atoms with van der Waals surface area (Å²) in [5.41, 5.74) is 2.56. The van der Waals surface area contributed by atoms with Gasteiger partial charge in [-0.05, 0) is 30.5 Å². The molecule has 1 unspecified atom stereocenters. The van der Waals surface area contributed by atoms with E-state index < -0.39 is 11.7 Å². The van der Waals surface area contributed by atoms with Crippen molar-refractivity contribution in [3.8, 4) is 5.69 Å². The molecule has 1 aliphatic rings. The van der Waals surface area contributed by atoms with Crippen LogP contribution < -0.4 is 0 Å². The van der Waals surface area contributed by atoms with Gasteiger partial charge in [0.05, 0.1) is 21.3 Å². The van der Waals surface area contributed by atoms with Crippen LogP contribution in [0.4, 0.5) is 13.2 Å². The number of aromatic nitrogens is 2. The number of hydrogen-bond acceptors (Lipinski definition) is 1. The van der Waals surface area contributed by atoms with Crippen LogP contribution in [-0.2, 0) is 12.6 Å². The standard InChI is InChI=1S/C19H13Cl2F3N2/c20-15-8-12(19(22,23)24)9-16(21)18(15)26-10-14-13(6-7-17(14)25-26)11-4-2-1-3-5-11/h1-5,8-10,13H,6-7H2. The van der Waals surface area contributed by atoms with Crippen LogP contribution in [0.15, 0.2) is 48.7 Å². The molecule has 0 aliphatic heterocycles. The predicted molar refractivity (Wildman–Crippen MR) is 95.2 cm³/mol. The van der Waals surface area contributed by atoms with Crippen LogP contribution in [0.5, 0.6) is 0 Å². The normalized spacial score (nSPS) is 16.7. The van der Waals surface area contributed by atoms with Gasteiger partial charge < -0.3 is 0 Å². The molecule has 0 radical (unpaired) electrons. The molecule has 0 spiro atoms. The van der Waals surface area contributed by atoms with Crippen molar-refractivity contribution in [2.45, 2.75) is 24.9 Å². The molecular weight excluding hydrogens is 384 g/mol. The lowest BCUT2D eigenvalue weighted by atomic mass is 9.95. The van der Waals surface area contributed by atoms with Gasteiger partial charge in [0.2, 0.25) is 0 Å². The molecule has 0 saturated carbocycles. The Kier molecular flexibility index (Phi) is 4.24. The molecule has 0 fully saturated rings. The Balaban J connectivity index is 1.76. The molecule has 2 nitrogen and oxygen atoms in total. The molecule has 1 aliphatic carbocycles. The zero-order chi connectivity index (χ0) is 18.5. The first-order valence-electron chi connectivity index (χ1n) is 8.04. The third-order valence-electron chi connectivity index (χ3n) is 4.64. The summed E-state index contributed by atoms with van der Waals surface area (Å²) in [6.07, 6.45) is -0.925. The summed E-state index contributed by atoms with van der Waals surface area (Å²) in [6.45, 7) is 0. The largest absolute Gasteiger partial charge is 0.416 e. The summed E-state index contributed by atoms with van der Waals surface area (Å²) in [5.74, 6) is 0.215. The molecule has 1 heterocycles. The first-order valence-corrected chi connectivity index (χ1v) is 8.80. The van der Waals surface area contributed by atoms with Crippen molar-refractivity contribution in [3.63, 3.8) is 0 Å². The maximum atomic E-state index is 12.9. The number of aryl methyl sites for hydroxylation is 1. The fourth-order valence-corrected chi connectivity index (χ4v) is 4.10. The van der Waals surface area contributed by atoms with Crippen molar-refractivity contribution in [3.05, 3.63) is 81.1 Å². The fraction of sp³-hybridized carbons (Fsp3) is 0.211. The minimum absolute atomic E-state index is 0.0812. The summed E-state index contributed by atoms with van der Waals surface area (Å²) >= 11 is 12.2. The topological polar surface area (TPSA) is 17.8 Å². The summed E-state index contributed by atoms with van der Waals surface area (Å²) in [4.78, 5) is 0. The van der Waals surface area contributed by atoms with Gasteiger partial charge in [0.25, 0.3) is 0 Å². The Morgan fingerprint density at radius 1 is 1.04 bits per heavy atom. The monoisotopic (exact) mass is 396 g/mol. The predicted octanol–water partition coefficient (Wildman–Crippen LogP) is 6.28. The number of alkyl halides is 3. The van der Waals surface area contributed by atoms with Crippen molar-refractivity contribution < 1.29 is 13.2 Å². The summed E-state index contributed by atoms with van der Waals surface area (Å²) in [7, 11) is 0. The molecule has 0 bridgehead atoms. The van der Waals surface area contributed by atoms with Crippen LogP contribution in [-0.4, -0.2) is 9.78 Å². The molecular formula is C19H13Cl2F3N2. The van der Waals surface area contributed by atoms with E-state index in [4.69, 9.17) is 23.2 Å². The Labute approximate surface area is 158 Å². The molecule has 0 saturated heterocycles. The van der Waals surface area contributed by atoms with Crippen molar-refractivity contribution in [2.75, 3.05) is 0 Å². The van der Waals surface area contributed by atoms with Gasteiger partial charge >= 0.3 is 6.18 Å². The third-order valence-corrected chi connectivity index (χ3v) is 5.22. The lowest BCUT2D eigenvalue weighted by molar-refractivity contribution is -0.137. The highest BCUT2D eigenvalue weighted by Gasteiger charge is 2.33. The smallest absolute Gasteiger partial charge is 0.237 e. The Hall–Kier alpha value is -1.98. The van der Waals surface area contributed by atoms with E-state index in [1.165, 1.54) is 10.2 Å². The molecule has 1 aromatic heterocycles. The summed E-state index contributed by atoms with van der Waals surface area (Å²) in [6, 6.07) is 11.8. The number of hydrogen-bond donors (Lipinski definition) is 0. The summed E-state index contributed by atoms with van der Waals surface area (Å²) in [5, 5.41) is 4.35. The second kappa shape index (κ2) is 6.32. The SMILES string of the molecule is FC(F)(F)c1cc(Cl)c(-n2cc3c(n2)CCC3c2ccccc2)c(Cl)c1. The first-order chi connectivity index (χ1) is 12.3. The van der Waals surface area contributed by atoms with Crippen molar-refractivity contribution in [2.24, 2.45) is 0 Å². The van der Waals surface area contributed by atoms with Gasteiger partial charge in [-0.2, -0.15) is 18.3 Å². The number of rotatable bonds is 2. The average Bonchev–Trinajstić information content (AvgIpc) is 3.14. The Bertz CT molecular complexity index is 942. The average molecular weight is 397 g/mol. The fourth-order valence-electron chi connectivity index (χ4n) is 3.44. The zero-order valence-corrected chi connectivity index (χ0v) is 14.9. The van der Waals surface area contributed by atoms with Crippen LogP contribution in [0.1, 0.15) is 34.7 Å². The third kappa shape index (κ3) is 2.99. The van der Waals surface area contributed by atoms with Gasteiger partial charge in [0.15, 0.2) is 0 Å². The highest BCUT2D eigenvalue weighted by atomic mass is 35.5. The maximum Gasteiger partial charge on any atom is 0.416 e. The molecule has 2 aromatic carbocycles. The second-order valence-electron chi connectivity index (χ2n) is 6.26. The van der Waals surface area contributed by atoms with Gasteiger partial charge in [-0.3, -0.25) is 0 Å². The molecule has 7 heteroatoms. The van der Waals surface area contributed by atoms with E-state index in [2.05, 4.69) is 17.2 Å². The van der Waals surface area contributed by atoms with Crippen LogP contribution in [0.25, 0.3) is 5.69 Å². The van der Waals surface area contributed by atoms with Gasteiger partial charge in [0, 0.05) is 17.7 Å². The lowest BCUT2D eigenvalue weighted by Crippen LogP contribution is -2.07. The van der Waals surface area contributed by atoms with Gasteiger partial charge in [-0.15, -0.1) is 0 Å². The van der Waals surface area contributed by atoms with E-state index in [-0.39, 0.29) is 21.7 Å². The van der Waals surface area contributed by atoms with E-state index in [1.807, 2.05) is 24.4 Å². The second-order valence-corrected chi connectivity index (χ2v) is 7.08. The molecule has 0 N–H and O–H groups in total. The molecule has 134 valence electrons. The van der Waals surface area contributed by atoms with Crippen LogP contribution >= 0.6 is 23.2 Å². The van der Waals surface area contributed by atoms with Gasteiger partial charge in [0.1, 0.15) is 5.69 Å². The van der Waals surface area contributed by atoms with Gasteiger partial charge in [-0.25, -0.2) is 4.68 Å². The van der Waals surface area contributed by atoms with Crippen molar-refractivity contribution in [1.29, 1.82) is 0 Å². The first kappa shape index (κ1) is 17.4.